The number of nitriles is 1. The lowest BCUT2D eigenvalue weighted by Gasteiger charge is -2.34. The summed E-state index contributed by atoms with van der Waals surface area (Å²) in [6.07, 6.45) is 5.57. The van der Waals surface area contributed by atoms with Gasteiger partial charge in [-0.15, -0.1) is 11.3 Å². The van der Waals surface area contributed by atoms with Crippen molar-refractivity contribution in [3.05, 3.63) is 82.1 Å². The first kappa shape index (κ1) is 28.4. The Labute approximate surface area is 254 Å². The van der Waals surface area contributed by atoms with Crippen LogP contribution in [0, 0.1) is 11.3 Å². The van der Waals surface area contributed by atoms with E-state index in [1.54, 1.807) is 49.2 Å². The van der Waals surface area contributed by atoms with Gasteiger partial charge in [-0.05, 0) is 35.7 Å². The van der Waals surface area contributed by atoms with Crippen molar-refractivity contribution in [2.24, 2.45) is 0 Å². The van der Waals surface area contributed by atoms with E-state index >= 15 is 0 Å². The predicted octanol–water partition coefficient (Wildman–Crippen LogP) is 4.17. The SMILES string of the molecule is CNc1sc2c(c1C#N)CCN(c1ncc(Oc3ccc(C(=O)N4CCN(Cc5ccc(OC)cc5)CC4)cn3)cn1)C2. The molecule has 220 valence electrons. The number of fused-ring (bicyclic) bond motifs is 1. The topological polar surface area (TPSA) is 120 Å². The van der Waals surface area contributed by atoms with Crippen molar-refractivity contribution in [3.63, 3.8) is 0 Å². The summed E-state index contributed by atoms with van der Waals surface area (Å²) in [5.41, 5.74) is 3.62. The summed E-state index contributed by atoms with van der Waals surface area (Å²) in [5, 5.41) is 13.6. The number of nitrogens with one attached hydrogen (secondary N) is 1. The van der Waals surface area contributed by atoms with Crippen LogP contribution < -0.4 is 19.7 Å². The van der Waals surface area contributed by atoms with Gasteiger partial charge in [-0.1, -0.05) is 12.1 Å². The Hall–Kier alpha value is -4.73. The van der Waals surface area contributed by atoms with Gasteiger partial charge in [0, 0.05) is 63.5 Å². The number of nitrogens with zero attached hydrogens (tertiary/aromatic N) is 7. The number of amides is 1. The first-order chi connectivity index (χ1) is 21.0. The summed E-state index contributed by atoms with van der Waals surface area (Å²) in [6.45, 7) is 5.19. The van der Waals surface area contributed by atoms with Crippen LogP contribution in [0.5, 0.6) is 17.4 Å². The molecule has 12 heteroatoms. The van der Waals surface area contributed by atoms with E-state index in [2.05, 4.69) is 48.3 Å². The molecule has 4 aromatic rings. The Bertz CT molecular complexity index is 1610. The van der Waals surface area contributed by atoms with Crippen molar-refractivity contribution in [2.75, 3.05) is 57.1 Å². The van der Waals surface area contributed by atoms with Crippen molar-refractivity contribution in [2.45, 2.75) is 19.5 Å². The molecule has 6 rings (SSSR count). The maximum atomic E-state index is 13.1. The van der Waals surface area contributed by atoms with E-state index in [1.165, 1.54) is 5.56 Å². The molecule has 1 saturated heterocycles. The fourth-order valence-electron chi connectivity index (χ4n) is 5.36. The second-order valence-corrected chi connectivity index (χ2v) is 11.5. The van der Waals surface area contributed by atoms with Gasteiger partial charge in [0.25, 0.3) is 5.91 Å². The molecule has 0 saturated carbocycles. The van der Waals surface area contributed by atoms with Crippen LogP contribution in [0.15, 0.2) is 55.0 Å². The molecule has 0 unspecified atom stereocenters. The lowest BCUT2D eigenvalue weighted by Crippen LogP contribution is -2.48. The molecule has 2 aliphatic rings. The van der Waals surface area contributed by atoms with Crippen molar-refractivity contribution >= 4 is 28.2 Å². The van der Waals surface area contributed by atoms with E-state index in [-0.39, 0.29) is 5.91 Å². The first-order valence-electron chi connectivity index (χ1n) is 14.1. The predicted molar refractivity (Wildman–Crippen MR) is 164 cm³/mol. The molecule has 0 aliphatic carbocycles. The summed E-state index contributed by atoms with van der Waals surface area (Å²) < 4.78 is 11.1. The number of ether oxygens (including phenoxy) is 2. The number of pyridine rings is 1. The highest BCUT2D eigenvalue weighted by Gasteiger charge is 2.26. The van der Waals surface area contributed by atoms with Crippen LogP contribution in [0.25, 0.3) is 0 Å². The highest BCUT2D eigenvalue weighted by atomic mass is 32.1. The van der Waals surface area contributed by atoms with E-state index in [1.807, 2.05) is 24.1 Å². The molecule has 5 heterocycles. The Morgan fingerprint density at radius 1 is 1.00 bits per heavy atom. The largest absolute Gasteiger partial charge is 0.497 e. The van der Waals surface area contributed by atoms with Gasteiger partial charge in [0.1, 0.15) is 16.8 Å². The smallest absolute Gasteiger partial charge is 0.255 e. The minimum absolute atomic E-state index is 0.0324. The van der Waals surface area contributed by atoms with Gasteiger partial charge in [0.2, 0.25) is 11.8 Å². The number of hydrogen-bond acceptors (Lipinski definition) is 11. The Morgan fingerprint density at radius 2 is 1.77 bits per heavy atom. The first-order valence-corrected chi connectivity index (χ1v) is 14.9. The fraction of sp³-hybridized carbons (Fsp3) is 0.323. The molecule has 11 nitrogen and oxygen atoms in total. The highest BCUT2D eigenvalue weighted by molar-refractivity contribution is 7.16. The molecule has 1 fully saturated rings. The van der Waals surface area contributed by atoms with Crippen LogP contribution >= 0.6 is 11.3 Å². The summed E-state index contributed by atoms with van der Waals surface area (Å²) in [5.74, 6) is 2.24. The maximum Gasteiger partial charge on any atom is 0.255 e. The average molecular weight is 597 g/mol. The number of rotatable bonds is 8. The van der Waals surface area contributed by atoms with Crippen LogP contribution in [-0.2, 0) is 19.5 Å². The van der Waals surface area contributed by atoms with Gasteiger partial charge in [0.05, 0.1) is 37.2 Å². The molecule has 0 radical (unpaired) electrons. The van der Waals surface area contributed by atoms with Crippen LogP contribution in [-0.4, -0.2) is 77.5 Å². The number of carbonyl (C=O) groups is 1. The molecule has 0 bridgehead atoms. The van der Waals surface area contributed by atoms with Gasteiger partial charge >= 0.3 is 0 Å². The van der Waals surface area contributed by atoms with Gasteiger partial charge in [-0.25, -0.2) is 15.0 Å². The van der Waals surface area contributed by atoms with Crippen molar-refractivity contribution in [1.82, 2.24) is 24.8 Å². The monoisotopic (exact) mass is 596 g/mol. The van der Waals surface area contributed by atoms with Crippen LogP contribution in [0.4, 0.5) is 10.9 Å². The molecule has 2 aliphatic heterocycles. The molecule has 0 spiro atoms. The zero-order chi connectivity index (χ0) is 29.8. The molecular weight excluding hydrogens is 564 g/mol. The molecule has 0 atom stereocenters. The Morgan fingerprint density at radius 3 is 2.42 bits per heavy atom. The second-order valence-electron chi connectivity index (χ2n) is 10.4. The zero-order valence-electron chi connectivity index (χ0n) is 24.1. The zero-order valence-corrected chi connectivity index (χ0v) is 24.9. The van der Waals surface area contributed by atoms with Crippen LogP contribution in [0.3, 0.4) is 0 Å². The highest BCUT2D eigenvalue weighted by Crippen LogP contribution is 2.37. The molecule has 43 heavy (non-hydrogen) atoms. The van der Waals surface area contributed by atoms with Crippen molar-refractivity contribution in [1.29, 1.82) is 5.26 Å². The fourth-order valence-corrected chi connectivity index (χ4v) is 6.53. The third kappa shape index (κ3) is 6.23. The Kier molecular flexibility index (Phi) is 8.35. The number of methoxy groups -OCH3 is 1. The number of piperazine rings is 1. The summed E-state index contributed by atoms with van der Waals surface area (Å²) >= 11 is 1.61. The molecule has 1 amide bonds. The van der Waals surface area contributed by atoms with Gasteiger partial charge in [0.15, 0.2) is 5.75 Å². The number of thiophene rings is 1. The lowest BCUT2D eigenvalue weighted by atomic mass is 10.0. The molecule has 1 aromatic carbocycles. The Balaban J connectivity index is 1.00. The summed E-state index contributed by atoms with van der Waals surface area (Å²) in [7, 11) is 3.50. The van der Waals surface area contributed by atoms with Crippen LogP contribution in [0.1, 0.15) is 31.9 Å². The number of aromatic nitrogens is 3. The van der Waals surface area contributed by atoms with Gasteiger partial charge in [-0.2, -0.15) is 5.26 Å². The van der Waals surface area contributed by atoms with Crippen molar-refractivity contribution in [3.8, 4) is 23.4 Å². The lowest BCUT2D eigenvalue weighted by molar-refractivity contribution is 0.0628. The summed E-state index contributed by atoms with van der Waals surface area (Å²) in [4.78, 5) is 33.9. The number of anilines is 2. The van der Waals surface area contributed by atoms with Crippen LogP contribution in [0.2, 0.25) is 0 Å². The summed E-state index contributed by atoms with van der Waals surface area (Å²) in [6, 6.07) is 13.9. The number of benzene rings is 1. The van der Waals surface area contributed by atoms with Gasteiger partial charge in [-0.3, -0.25) is 9.69 Å². The minimum Gasteiger partial charge on any atom is -0.497 e. The standard InChI is InChI=1S/C31H32N8O3S/c1-33-29-26(15-32)25-9-10-39(20-27(25)43-29)31-35-17-24(18-36-31)42-28-8-5-22(16-34-28)30(40)38-13-11-37(12-14-38)19-21-3-6-23(41-2)7-4-21/h3-8,16-18,33H,9-14,19-20H2,1-2H3. The third-order valence-electron chi connectivity index (χ3n) is 7.72. The average Bonchev–Trinajstić information content (AvgIpc) is 3.43. The normalized spacial score (nSPS) is 15.0. The minimum atomic E-state index is -0.0324. The van der Waals surface area contributed by atoms with E-state index in [0.717, 1.165) is 59.4 Å². The number of hydrogen-bond donors (Lipinski definition) is 1. The quantitative estimate of drug-likeness (QED) is 0.317. The molecule has 1 N–H and O–H groups in total. The van der Waals surface area contributed by atoms with E-state index in [0.29, 0.717) is 42.8 Å². The van der Waals surface area contributed by atoms with E-state index in [4.69, 9.17) is 9.47 Å². The maximum absolute atomic E-state index is 13.1. The van der Waals surface area contributed by atoms with Crippen molar-refractivity contribution < 1.29 is 14.3 Å². The van der Waals surface area contributed by atoms with E-state index < -0.39 is 0 Å². The third-order valence-corrected chi connectivity index (χ3v) is 8.96. The van der Waals surface area contributed by atoms with Gasteiger partial charge < -0.3 is 24.6 Å². The second kappa shape index (κ2) is 12.6. The van der Waals surface area contributed by atoms with E-state index in [9.17, 15) is 10.1 Å². The number of carbonyl (C=O) groups excluding carboxylic acids is 1. The molecule has 3 aromatic heterocycles. The molecular formula is C31H32N8O3S.